The maximum Gasteiger partial charge on any atom is 0.0531 e. The summed E-state index contributed by atoms with van der Waals surface area (Å²) >= 11 is 0. The van der Waals surface area contributed by atoms with Gasteiger partial charge in [0.05, 0.1) is 5.52 Å². The average molecular weight is 335 g/mol. The number of fused-ring (bicyclic) bond motifs is 1. The van der Waals surface area contributed by atoms with Crippen LogP contribution in [0.15, 0.2) is 48.3 Å². The fraction of sp³-hybridized carbons (Fsp3) is 0.455. The van der Waals surface area contributed by atoms with Gasteiger partial charge in [-0.15, -0.1) is 0 Å². The molecule has 0 amide bonds. The van der Waals surface area contributed by atoms with E-state index in [9.17, 15) is 0 Å². The first-order valence-electron chi connectivity index (χ1n) is 9.69. The number of rotatable bonds is 4. The summed E-state index contributed by atoms with van der Waals surface area (Å²) < 4.78 is 2.27. The molecular weight excluding hydrogens is 306 g/mol. The van der Waals surface area contributed by atoms with E-state index in [1.807, 2.05) is 0 Å². The highest BCUT2D eigenvalue weighted by Gasteiger charge is 2.21. The van der Waals surface area contributed by atoms with Gasteiger partial charge in [0.25, 0.3) is 0 Å². The van der Waals surface area contributed by atoms with Crippen LogP contribution in [0.4, 0.5) is 0 Å². The zero-order valence-corrected chi connectivity index (χ0v) is 15.3. The summed E-state index contributed by atoms with van der Waals surface area (Å²) in [6.45, 7) is 8.62. The Morgan fingerprint density at radius 1 is 1.20 bits per heavy atom. The van der Waals surface area contributed by atoms with E-state index in [2.05, 4.69) is 59.2 Å². The van der Waals surface area contributed by atoms with Gasteiger partial charge in [-0.05, 0) is 31.4 Å². The van der Waals surface area contributed by atoms with Crippen LogP contribution >= 0.6 is 0 Å². The quantitative estimate of drug-likeness (QED) is 0.855. The molecule has 1 aromatic carbocycles. The third-order valence-electron chi connectivity index (χ3n) is 5.75. The SMILES string of the molecule is C=C(C1=C(NC2CCCCC2)CCNC1)n1cc(C)c2ccccc21. The summed E-state index contributed by atoms with van der Waals surface area (Å²) in [7, 11) is 0. The Morgan fingerprint density at radius 3 is 2.84 bits per heavy atom. The van der Waals surface area contributed by atoms with E-state index in [0.717, 1.165) is 25.2 Å². The molecule has 2 N–H and O–H groups in total. The zero-order chi connectivity index (χ0) is 17.2. The van der Waals surface area contributed by atoms with E-state index in [-0.39, 0.29) is 0 Å². The summed E-state index contributed by atoms with van der Waals surface area (Å²) in [5.41, 5.74) is 6.42. The van der Waals surface area contributed by atoms with Gasteiger partial charge in [0.15, 0.2) is 0 Å². The highest BCUT2D eigenvalue weighted by molar-refractivity contribution is 5.88. The molecule has 1 aliphatic carbocycles. The first kappa shape index (κ1) is 16.5. The number of aromatic nitrogens is 1. The van der Waals surface area contributed by atoms with Crippen LogP contribution in [0.5, 0.6) is 0 Å². The molecule has 0 bridgehead atoms. The lowest BCUT2D eigenvalue weighted by Gasteiger charge is -2.30. The Bertz CT molecular complexity index is 806. The summed E-state index contributed by atoms with van der Waals surface area (Å²) in [6, 6.07) is 9.26. The second kappa shape index (κ2) is 7.09. The molecule has 132 valence electrons. The van der Waals surface area contributed by atoms with E-state index in [0.29, 0.717) is 6.04 Å². The van der Waals surface area contributed by atoms with Crippen molar-refractivity contribution < 1.29 is 0 Å². The monoisotopic (exact) mass is 335 g/mol. The number of para-hydroxylation sites is 1. The van der Waals surface area contributed by atoms with Crippen LogP contribution in [-0.2, 0) is 0 Å². The Labute approximate surface area is 150 Å². The molecule has 2 aromatic rings. The van der Waals surface area contributed by atoms with Gasteiger partial charge in [-0.2, -0.15) is 0 Å². The summed E-state index contributed by atoms with van der Waals surface area (Å²) in [5.74, 6) is 0. The number of nitrogens with one attached hydrogen (secondary N) is 2. The lowest BCUT2D eigenvalue weighted by molar-refractivity contribution is 0.388. The maximum absolute atomic E-state index is 4.48. The van der Waals surface area contributed by atoms with Gasteiger partial charge in [-0.25, -0.2) is 0 Å². The molecule has 1 fully saturated rings. The number of benzene rings is 1. The molecule has 1 aromatic heterocycles. The van der Waals surface area contributed by atoms with Crippen LogP contribution in [0.3, 0.4) is 0 Å². The molecule has 0 radical (unpaired) electrons. The van der Waals surface area contributed by atoms with Crippen LogP contribution < -0.4 is 10.6 Å². The average Bonchev–Trinajstić information content (AvgIpc) is 3.00. The zero-order valence-electron chi connectivity index (χ0n) is 15.3. The summed E-state index contributed by atoms with van der Waals surface area (Å²) in [4.78, 5) is 0. The van der Waals surface area contributed by atoms with Crippen molar-refractivity contribution in [1.29, 1.82) is 0 Å². The first-order chi connectivity index (χ1) is 12.2. The lowest BCUT2D eigenvalue weighted by Crippen LogP contribution is -2.37. The normalized spacial score (nSPS) is 19.4. The Hall–Kier alpha value is -2.00. The second-order valence-corrected chi connectivity index (χ2v) is 7.51. The van der Waals surface area contributed by atoms with Crippen molar-refractivity contribution in [2.75, 3.05) is 13.1 Å². The lowest BCUT2D eigenvalue weighted by atomic mass is 9.94. The Kier molecular flexibility index (Phi) is 4.67. The van der Waals surface area contributed by atoms with Gasteiger partial charge in [-0.3, -0.25) is 0 Å². The highest BCUT2D eigenvalue weighted by Crippen LogP contribution is 2.29. The van der Waals surface area contributed by atoms with Crippen LogP contribution in [0.1, 0.15) is 44.1 Å². The predicted molar refractivity (Wildman–Crippen MR) is 107 cm³/mol. The van der Waals surface area contributed by atoms with Crippen molar-refractivity contribution in [1.82, 2.24) is 15.2 Å². The minimum atomic E-state index is 0.646. The molecular formula is C22H29N3. The molecule has 2 heterocycles. The van der Waals surface area contributed by atoms with E-state index in [4.69, 9.17) is 0 Å². The van der Waals surface area contributed by atoms with Gasteiger partial charge in [0.2, 0.25) is 0 Å². The topological polar surface area (TPSA) is 29.0 Å². The number of hydrogen-bond donors (Lipinski definition) is 2. The van der Waals surface area contributed by atoms with Gasteiger partial charge < -0.3 is 15.2 Å². The molecule has 3 heteroatoms. The highest BCUT2D eigenvalue weighted by atomic mass is 15.0. The Morgan fingerprint density at radius 2 is 2.00 bits per heavy atom. The predicted octanol–water partition coefficient (Wildman–Crippen LogP) is 4.59. The molecule has 3 nitrogen and oxygen atoms in total. The Balaban J connectivity index is 1.67. The summed E-state index contributed by atoms with van der Waals surface area (Å²) in [5, 5.41) is 8.73. The minimum absolute atomic E-state index is 0.646. The van der Waals surface area contributed by atoms with E-state index in [1.165, 1.54) is 59.8 Å². The molecule has 25 heavy (non-hydrogen) atoms. The standard InChI is InChI=1S/C22H29N3/c1-16-15-25(22-11-7-6-10-19(16)22)17(2)20-14-23-13-12-21(20)24-18-8-4-3-5-9-18/h6-7,10-11,15,18,23-24H,2-5,8-9,12-14H2,1H3. The van der Waals surface area contributed by atoms with Crippen molar-refractivity contribution >= 4 is 16.6 Å². The fourth-order valence-electron chi connectivity index (χ4n) is 4.33. The molecule has 1 aliphatic heterocycles. The largest absolute Gasteiger partial charge is 0.385 e. The van der Waals surface area contributed by atoms with Crippen molar-refractivity contribution in [2.45, 2.75) is 51.5 Å². The van der Waals surface area contributed by atoms with E-state index in [1.54, 1.807) is 0 Å². The summed E-state index contributed by atoms with van der Waals surface area (Å²) in [6.07, 6.45) is 10.0. The minimum Gasteiger partial charge on any atom is -0.385 e. The maximum atomic E-state index is 4.48. The van der Waals surface area contributed by atoms with Gasteiger partial charge >= 0.3 is 0 Å². The van der Waals surface area contributed by atoms with Crippen LogP contribution in [0.2, 0.25) is 0 Å². The third-order valence-corrected chi connectivity index (χ3v) is 5.75. The van der Waals surface area contributed by atoms with Crippen LogP contribution in [0.25, 0.3) is 16.6 Å². The number of nitrogens with zero attached hydrogens (tertiary/aromatic N) is 1. The molecule has 0 spiro atoms. The molecule has 0 unspecified atom stereocenters. The smallest absolute Gasteiger partial charge is 0.0531 e. The van der Waals surface area contributed by atoms with Crippen molar-refractivity contribution in [3.8, 4) is 0 Å². The van der Waals surface area contributed by atoms with E-state index < -0.39 is 0 Å². The molecule has 1 saturated carbocycles. The van der Waals surface area contributed by atoms with Gasteiger partial charge in [0.1, 0.15) is 0 Å². The number of aryl methyl sites for hydroxylation is 1. The van der Waals surface area contributed by atoms with E-state index >= 15 is 0 Å². The second-order valence-electron chi connectivity index (χ2n) is 7.51. The van der Waals surface area contributed by atoms with Crippen molar-refractivity contribution in [3.05, 3.63) is 53.9 Å². The van der Waals surface area contributed by atoms with Crippen LogP contribution in [-0.4, -0.2) is 23.7 Å². The fourth-order valence-corrected chi connectivity index (χ4v) is 4.33. The van der Waals surface area contributed by atoms with Crippen molar-refractivity contribution in [2.24, 2.45) is 0 Å². The first-order valence-corrected chi connectivity index (χ1v) is 9.69. The molecule has 2 aliphatic rings. The number of hydrogen-bond acceptors (Lipinski definition) is 2. The molecule has 4 rings (SSSR count). The molecule has 0 atom stereocenters. The van der Waals surface area contributed by atoms with Crippen molar-refractivity contribution in [3.63, 3.8) is 0 Å². The molecule has 0 saturated heterocycles. The van der Waals surface area contributed by atoms with Crippen LogP contribution in [0, 0.1) is 6.92 Å². The third kappa shape index (κ3) is 3.25. The van der Waals surface area contributed by atoms with Gasteiger partial charge in [0, 0.05) is 54.1 Å². The van der Waals surface area contributed by atoms with Gasteiger partial charge in [-0.1, -0.05) is 44.0 Å².